The van der Waals surface area contributed by atoms with Crippen molar-refractivity contribution in [3.63, 3.8) is 0 Å². The second kappa shape index (κ2) is 8.38. The van der Waals surface area contributed by atoms with Gasteiger partial charge in [-0.1, -0.05) is 0 Å². The second-order valence-corrected chi connectivity index (χ2v) is 8.11. The van der Waals surface area contributed by atoms with Crippen LogP contribution in [0.5, 0.6) is 0 Å². The number of nitrogens with one attached hydrogen (secondary N) is 1. The van der Waals surface area contributed by atoms with Gasteiger partial charge in [-0.25, -0.2) is 14.8 Å². The van der Waals surface area contributed by atoms with E-state index in [0.29, 0.717) is 24.4 Å². The molecule has 2 aliphatic rings. The largest absolute Gasteiger partial charge is 0.416 e. The summed E-state index contributed by atoms with van der Waals surface area (Å²) in [6, 6.07) is 0.218. The molecule has 3 heterocycles. The maximum absolute atomic E-state index is 13.1. The maximum atomic E-state index is 13.1. The van der Waals surface area contributed by atoms with E-state index in [4.69, 9.17) is 0 Å². The molecule has 0 radical (unpaired) electrons. The van der Waals surface area contributed by atoms with Gasteiger partial charge < -0.3 is 15.1 Å². The highest BCUT2D eigenvalue weighted by molar-refractivity contribution is 5.90. The Morgan fingerprint density at radius 2 is 1.55 bits per heavy atom. The summed E-state index contributed by atoms with van der Waals surface area (Å²) < 4.78 is 78.7. The van der Waals surface area contributed by atoms with E-state index in [9.17, 15) is 31.1 Å². The number of anilines is 2. The van der Waals surface area contributed by atoms with Crippen molar-refractivity contribution >= 4 is 17.5 Å². The molecule has 1 saturated heterocycles. The number of halogens is 6. The van der Waals surface area contributed by atoms with Crippen molar-refractivity contribution in [3.05, 3.63) is 46.4 Å². The van der Waals surface area contributed by atoms with Crippen LogP contribution in [0, 0.1) is 6.92 Å². The van der Waals surface area contributed by atoms with Crippen LogP contribution >= 0.6 is 0 Å². The van der Waals surface area contributed by atoms with E-state index in [-0.39, 0.29) is 19.2 Å². The average Bonchev–Trinajstić information content (AvgIpc) is 3.26. The normalized spacial score (nSPS) is 16.7. The molecule has 1 aromatic heterocycles. The lowest BCUT2D eigenvalue weighted by Crippen LogP contribution is -2.40. The van der Waals surface area contributed by atoms with E-state index in [0.717, 1.165) is 43.0 Å². The fraction of sp³-hybridized carbons (Fsp3) is 0.476. The van der Waals surface area contributed by atoms with Gasteiger partial charge in [0.05, 0.1) is 23.4 Å². The molecule has 6 nitrogen and oxygen atoms in total. The fourth-order valence-corrected chi connectivity index (χ4v) is 4.11. The van der Waals surface area contributed by atoms with E-state index < -0.39 is 35.2 Å². The first-order valence-corrected chi connectivity index (χ1v) is 10.4. The van der Waals surface area contributed by atoms with E-state index in [1.807, 2.05) is 0 Å². The lowest BCUT2D eigenvalue weighted by atomic mass is 10.1. The minimum atomic E-state index is -5.00. The number of fused-ring (bicyclic) bond motifs is 1. The van der Waals surface area contributed by atoms with Gasteiger partial charge >= 0.3 is 18.4 Å². The number of benzene rings is 1. The molecule has 0 unspecified atom stereocenters. The highest BCUT2D eigenvalue weighted by Gasteiger charge is 2.37. The van der Waals surface area contributed by atoms with Crippen LogP contribution in [0.25, 0.3) is 0 Å². The van der Waals surface area contributed by atoms with Crippen LogP contribution in [0.1, 0.15) is 41.1 Å². The highest BCUT2D eigenvalue weighted by atomic mass is 19.4. The van der Waals surface area contributed by atoms with Crippen molar-refractivity contribution in [2.45, 2.75) is 45.1 Å². The average molecular weight is 473 g/mol. The molecule has 12 heteroatoms. The summed E-state index contributed by atoms with van der Waals surface area (Å²) in [5, 5.41) is 2.20. The number of urea groups is 1. The van der Waals surface area contributed by atoms with Crippen LogP contribution in [0.2, 0.25) is 0 Å². The van der Waals surface area contributed by atoms with Crippen LogP contribution in [0.15, 0.2) is 18.2 Å². The van der Waals surface area contributed by atoms with Crippen LogP contribution in [0.3, 0.4) is 0 Å². The van der Waals surface area contributed by atoms with E-state index in [1.165, 1.54) is 4.90 Å². The van der Waals surface area contributed by atoms with E-state index in [1.54, 1.807) is 6.92 Å². The van der Waals surface area contributed by atoms with Gasteiger partial charge in [-0.05, 0) is 38.0 Å². The zero-order chi connectivity index (χ0) is 24.0. The third kappa shape index (κ3) is 4.98. The van der Waals surface area contributed by atoms with E-state index >= 15 is 0 Å². The Hall–Kier alpha value is -3.05. The lowest BCUT2D eigenvalue weighted by Gasteiger charge is -2.31. The molecule has 4 rings (SSSR count). The molecule has 33 heavy (non-hydrogen) atoms. The number of aromatic nitrogens is 2. The monoisotopic (exact) mass is 473 g/mol. The quantitative estimate of drug-likeness (QED) is 0.623. The van der Waals surface area contributed by atoms with Crippen LogP contribution in [0.4, 0.5) is 42.6 Å². The first-order valence-electron chi connectivity index (χ1n) is 10.4. The van der Waals surface area contributed by atoms with Gasteiger partial charge in [-0.3, -0.25) is 0 Å². The summed E-state index contributed by atoms with van der Waals surface area (Å²) in [5.74, 6) is 1.34. The molecule has 2 aliphatic heterocycles. The first-order chi connectivity index (χ1) is 15.4. The third-order valence-corrected chi connectivity index (χ3v) is 5.68. The maximum Gasteiger partial charge on any atom is 0.416 e. The van der Waals surface area contributed by atoms with Crippen molar-refractivity contribution in [2.75, 3.05) is 29.9 Å². The number of alkyl halides is 6. The summed E-state index contributed by atoms with van der Waals surface area (Å²) in [6.45, 7) is 3.75. The van der Waals surface area contributed by atoms with Gasteiger partial charge in [0.1, 0.15) is 11.6 Å². The second-order valence-electron chi connectivity index (χ2n) is 8.11. The Bertz CT molecular complexity index is 1030. The molecule has 178 valence electrons. The molecule has 1 aromatic carbocycles. The molecule has 1 fully saturated rings. The number of nitrogens with zero attached hydrogens (tertiary/aromatic N) is 4. The molecule has 0 atom stereocenters. The van der Waals surface area contributed by atoms with Gasteiger partial charge in [0.25, 0.3) is 0 Å². The first kappa shape index (κ1) is 23.1. The van der Waals surface area contributed by atoms with Gasteiger partial charge in [0.15, 0.2) is 0 Å². The van der Waals surface area contributed by atoms with Gasteiger partial charge in [-0.15, -0.1) is 0 Å². The van der Waals surface area contributed by atoms with Crippen molar-refractivity contribution < 1.29 is 31.1 Å². The highest BCUT2D eigenvalue weighted by Crippen LogP contribution is 2.38. The van der Waals surface area contributed by atoms with Crippen molar-refractivity contribution in [3.8, 4) is 0 Å². The Morgan fingerprint density at radius 1 is 0.939 bits per heavy atom. The summed E-state index contributed by atoms with van der Waals surface area (Å²) in [4.78, 5) is 25.2. The summed E-state index contributed by atoms with van der Waals surface area (Å²) in [5.41, 5.74) is -2.00. The van der Waals surface area contributed by atoms with Gasteiger partial charge in [0.2, 0.25) is 0 Å². The lowest BCUT2D eigenvalue weighted by molar-refractivity contribution is -0.143. The zero-order valence-electron chi connectivity index (χ0n) is 17.6. The predicted octanol–water partition coefficient (Wildman–Crippen LogP) is 5.01. The Labute approximate surface area is 185 Å². The van der Waals surface area contributed by atoms with Crippen LogP contribution in [-0.4, -0.2) is 40.5 Å². The van der Waals surface area contributed by atoms with E-state index in [2.05, 4.69) is 20.2 Å². The molecular weight excluding hydrogens is 452 g/mol. The standard InChI is InChI=1S/C21H21F6N5O/c1-12-28-17-4-7-32(11-16(17)18(29-12)31-5-2-3-6-31)19(33)30-15-9-13(20(22,23)24)8-14(10-15)21(25,26)27/h8-10H,2-7,11H2,1H3,(H,30,33). The molecule has 0 saturated carbocycles. The Morgan fingerprint density at radius 3 is 2.12 bits per heavy atom. The van der Waals surface area contributed by atoms with Crippen molar-refractivity contribution in [2.24, 2.45) is 0 Å². The Balaban J connectivity index is 1.59. The summed E-state index contributed by atoms with van der Waals surface area (Å²) >= 11 is 0. The van der Waals surface area contributed by atoms with Crippen LogP contribution < -0.4 is 10.2 Å². The fourth-order valence-electron chi connectivity index (χ4n) is 4.11. The number of rotatable bonds is 2. The number of aryl methyl sites for hydroxylation is 1. The molecule has 1 N–H and O–H groups in total. The zero-order valence-corrected chi connectivity index (χ0v) is 17.6. The van der Waals surface area contributed by atoms with Crippen molar-refractivity contribution in [1.82, 2.24) is 14.9 Å². The molecule has 0 bridgehead atoms. The summed E-state index contributed by atoms with van der Waals surface area (Å²) in [6.07, 6.45) is -7.56. The molecule has 0 spiro atoms. The predicted molar refractivity (Wildman–Crippen MR) is 108 cm³/mol. The topological polar surface area (TPSA) is 61.4 Å². The number of carbonyl (C=O) groups is 1. The molecule has 2 amide bonds. The Kier molecular flexibility index (Phi) is 5.87. The van der Waals surface area contributed by atoms with Crippen LogP contribution in [-0.2, 0) is 25.3 Å². The van der Waals surface area contributed by atoms with Crippen molar-refractivity contribution in [1.29, 1.82) is 0 Å². The molecule has 2 aromatic rings. The number of carbonyl (C=O) groups excluding carboxylic acids is 1. The van der Waals surface area contributed by atoms with Gasteiger partial charge in [0, 0.05) is 37.3 Å². The number of hydrogen-bond donors (Lipinski definition) is 1. The third-order valence-electron chi connectivity index (χ3n) is 5.68. The SMILES string of the molecule is Cc1nc2c(c(N3CCCC3)n1)CN(C(=O)Nc1cc(C(F)(F)F)cc(C(F)(F)F)c1)CC2. The number of hydrogen-bond acceptors (Lipinski definition) is 4. The minimum absolute atomic E-state index is 0.0226. The molecular formula is C21H21F6N5O. The molecule has 0 aliphatic carbocycles. The van der Waals surface area contributed by atoms with Gasteiger partial charge in [-0.2, -0.15) is 26.3 Å². The summed E-state index contributed by atoms with van der Waals surface area (Å²) in [7, 11) is 0. The minimum Gasteiger partial charge on any atom is -0.356 e. The number of amides is 2. The smallest absolute Gasteiger partial charge is 0.356 e.